The highest BCUT2D eigenvalue weighted by Gasteiger charge is 2.51. The fraction of sp³-hybridized carbons (Fsp3) is 1.00. The predicted octanol–water partition coefficient (Wildman–Crippen LogP) is 1.37. The lowest BCUT2D eigenvalue weighted by atomic mass is 9.73. The van der Waals surface area contributed by atoms with Crippen LogP contribution in [0.2, 0.25) is 0 Å². The molecular weight excluding hydrogens is 160 g/mol. The van der Waals surface area contributed by atoms with Gasteiger partial charge in [0.25, 0.3) is 0 Å². The molecule has 0 aliphatic heterocycles. The number of rotatable bonds is 5. The van der Waals surface area contributed by atoms with Gasteiger partial charge in [0, 0.05) is 12.6 Å². The van der Waals surface area contributed by atoms with E-state index in [9.17, 15) is 0 Å². The molecule has 2 N–H and O–H groups in total. The van der Waals surface area contributed by atoms with Crippen molar-refractivity contribution in [3.8, 4) is 0 Å². The fourth-order valence-electron chi connectivity index (χ4n) is 2.93. The molecule has 2 heteroatoms. The van der Waals surface area contributed by atoms with E-state index in [1.165, 1.54) is 38.6 Å². The summed E-state index contributed by atoms with van der Waals surface area (Å²) in [5.41, 5.74) is 0.620. The first kappa shape index (κ1) is 9.47. The van der Waals surface area contributed by atoms with Crippen LogP contribution in [0, 0.1) is 11.3 Å². The second-order valence-electron chi connectivity index (χ2n) is 4.85. The Labute approximate surface area is 81.5 Å². The molecule has 0 amide bonds. The van der Waals surface area contributed by atoms with E-state index in [4.69, 9.17) is 0 Å². The van der Waals surface area contributed by atoms with E-state index in [0.717, 1.165) is 12.0 Å². The van der Waals surface area contributed by atoms with E-state index in [2.05, 4.69) is 24.7 Å². The Morgan fingerprint density at radius 3 is 2.31 bits per heavy atom. The van der Waals surface area contributed by atoms with Crippen molar-refractivity contribution in [2.45, 2.75) is 38.1 Å². The summed E-state index contributed by atoms with van der Waals surface area (Å²) in [6.07, 6.45) is 7.22. The second kappa shape index (κ2) is 3.58. The zero-order valence-corrected chi connectivity index (χ0v) is 8.90. The lowest BCUT2D eigenvalue weighted by Gasteiger charge is -2.39. The third-order valence-electron chi connectivity index (χ3n) is 4.01. The van der Waals surface area contributed by atoms with Crippen LogP contribution in [0.3, 0.4) is 0 Å². The molecule has 2 aliphatic rings. The highest BCUT2D eigenvalue weighted by Crippen LogP contribution is 2.53. The third kappa shape index (κ3) is 1.62. The first-order chi connectivity index (χ1) is 6.32. The Morgan fingerprint density at radius 2 is 2.00 bits per heavy atom. The van der Waals surface area contributed by atoms with Crippen LogP contribution in [0.15, 0.2) is 0 Å². The van der Waals surface area contributed by atoms with Gasteiger partial charge in [-0.2, -0.15) is 0 Å². The molecule has 76 valence electrons. The summed E-state index contributed by atoms with van der Waals surface area (Å²) in [6, 6.07) is 0.786. The molecule has 1 atom stereocenters. The van der Waals surface area contributed by atoms with Gasteiger partial charge in [-0.25, -0.2) is 0 Å². The summed E-state index contributed by atoms with van der Waals surface area (Å²) in [5, 5.41) is 6.90. The summed E-state index contributed by atoms with van der Waals surface area (Å²) in [7, 11) is 4.21. The van der Waals surface area contributed by atoms with Gasteiger partial charge in [-0.1, -0.05) is 6.42 Å². The number of hydrogen-bond acceptors (Lipinski definition) is 2. The zero-order valence-electron chi connectivity index (χ0n) is 8.90. The molecule has 0 heterocycles. The average molecular weight is 182 g/mol. The van der Waals surface area contributed by atoms with E-state index < -0.39 is 0 Å². The van der Waals surface area contributed by atoms with Crippen LogP contribution >= 0.6 is 0 Å². The van der Waals surface area contributed by atoms with E-state index in [0.29, 0.717) is 5.41 Å². The van der Waals surface area contributed by atoms with Crippen LogP contribution in [0.25, 0.3) is 0 Å². The number of hydrogen-bond donors (Lipinski definition) is 2. The van der Waals surface area contributed by atoms with Gasteiger partial charge in [-0.15, -0.1) is 0 Å². The van der Waals surface area contributed by atoms with Crippen molar-refractivity contribution in [3.63, 3.8) is 0 Å². The minimum Gasteiger partial charge on any atom is -0.319 e. The standard InChI is InChI=1S/C11H22N2/c1-12-8-11(6-7-11)10(13-2)9-4-3-5-9/h9-10,12-13H,3-8H2,1-2H3. The molecule has 2 aliphatic carbocycles. The van der Waals surface area contributed by atoms with Gasteiger partial charge < -0.3 is 10.6 Å². The molecule has 0 spiro atoms. The highest BCUT2D eigenvalue weighted by molar-refractivity contribution is 5.06. The molecule has 0 saturated heterocycles. The zero-order chi connectivity index (χ0) is 9.31. The molecule has 0 aromatic rings. The minimum atomic E-state index is 0.620. The predicted molar refractivity (Wildman–Crippen MR) is 55.8 cm³/mol. The van der Waals surface area contributed by atoms with Crippen molar-refractivity contribution in [3.05, 3.63) is 0 Å². The van der Waals surface area contributed by atoms with Crippen molar-refractivity contribution in [1.82, 2.24) is 10.6 Å². The van der Waals surface area contributed by atoms with Crippen molar-refractivity contribution in [1.29, 1.82) is 0 Å². The smallest absolute Gasteiger partial charge is 0.0161 e. The topological polar surface area (TPSA) is 24.1 Å². The van der Waals surface area contributed by atoms with Crippen molar-refractivity contribution >= 4 is 0 Å². The van der Waals surface area contributed by atoms with Crippen LogP contribution in [0.4, 0.5) is 0 Å². The van der Waals surface area contributed by atoms with Crippen LogP contribution in [0.1, 0.15) is 32.1 Å². The lowest BCUT2D eigenvalue weighted by molar-refractivity contribution is 0.166. The second-order valence-corrected chi connectivity index (χ2v) is 4.85. The van der Waals surface area contributed by atoms with Crippen molar-refractivity contribution < 1.29 is 0 Å². The monoisotopic (exact) mass is 182 g/mol. The molecule has 0 aromatic heterocycles. The molecule has 2 saturated carbocycles. The number of nitrogens with one attached hydrogen (secondary N) is 2. The van der Waals surface area contributed by atoms with Gasteiger partial charge in [0.1, 0.15) is 0 Å². The summed E-state index contributed by atoms with van der Waals surface area (Å²) in [4.78, 5) is 0. The van der Waals surface area contributed by atoms with E-state index in [1.54, 1.807) is 0 Å². The van der Waals surface area contributed by atoms with Crippen LogP contribution in [0.5, 0.6) is 0 Å². The molecule has 0 bridgehead atoms. The SMILES string of the molecule is CNCC1(C(NC)C2CCC2)CC1. The van der Waals surface area contributed by atoms with Crippen molar-refractivity contribution in [2.24, 2.45) is 11.3 Å². The van der Waals surface area contributed by atoms with Crippen molar-refractivity contribution in [2.75, 3.05) is 20.6 Å². The first-order valence-corrected chi connectivity index (χ1v) is 5.64. The van der Waals surface area contributed by atoms with E-state index >= 15 is 0 Å². The van der Waals surface area contributed by atoms with Gasteiger partial charge in [-0.3, -0.25) is 0 Å². The first-order valence-electron chi connectivity index (χ1n) is 5.64. The average Bonchev–Trinajstić information content (AvgIpc) is 2.78. The van der Waals surface area contributed by atoms with Crippen LogP contribution in [-0.4, -0.2) is 26.7 Å². The summed E-state index contributed by atoms with van der Waals surface area (Å²) < 4.78 is 0. The van der Waals surface area contributed by atoms with Gasteiger partial charge in [0.2, 0.25) is 0 Å². The molecule has 2 fully saturated rings. The van der Waals surface area contributed by atoms with Gasteiger partial charge in [-0.05, 0) is 51.1 Å². The van der Waals surface area contributed by atoms with Gasteiger partial charge >= 0.3 is 0 Å². The third-order valence-corrected chi connectivity index (χ3v) is 4.01. The maximum Gasteiger partial charge on any atom is 0.0161 e. The Bertz CT molecular complexity index is 171. The van der Waals surface area contributed by atoms with E-state index in [1.807, 2.05) is 0 Å². The molecule has 2 nitrogen and oxygen atoms in total. The molecular formula is C11H22N2. The maximum absolute atomic E-state index is 3.55. The maximum atomic E-state index is 3.55. The Balaban J connectivity index is 1.94. The molecule has 1 unspecified atom stereocenters. The fourth-order valence-corrected chi connectivity index (χ4v) is 2.93. The minimum absolute atomic E-state index is 0.620. The molecule has 0 aromatic carbocycles. The highest BCUT2D eigenvalue weighted by atomic mass is 15.0. The Morgan fingerprint density at radius 1 is 1.31 bits per heavy atom. The molecule has 13 heavy (non-hydrogen) atoms. The quantitative estimate of drug-likeness (QED) is 0.671. The molecule has 0 radical (unpaired) electrons. The van der Waals surface area contributed by atoms with Gasteiger partial charge in [0.05, 0.1) is 0 Å². The molecule has 2 rings (SSSR count). The van der Waals surface area contributed by atoms with Crippen LogP contribution in [-0.2, 0) is 0 Å². The van der Waals surface area contributed by atoms with Gasteiger partial charge in [0.15, 0.2) is 0 Å². The summed E-state index contributed by atoms with van der Waals surface area (Å²) in [6.45, 7) is 1.20. The Hall–Kier alpha value is -0.0800. The summed E-state index contributed by atoms with van der Waals surface area (Å²) in [5.74, 6) is 0.973. The van der Waals surface area contributed by atoms with E-state index in [-0.39, 0.29) is 0 Å². The normalized spacial score (nSPS) is 28.2. The largest absolute Gasteiger partial charge is 0.319 e. The summed E-state index contributed by atoms with van der Waals surface area (Å²) >= 11 is 0. The Kier molecular flexibility index (Phi) is 2.61. The lowest BCUT2D eigenvalue weighted by Crippen LogP contribution is -2.47. The van der Waals surface area contributed by atoms with Crippen LogP contribution < -0.4 is 10.6 Å².